The first-order valence-electron chi connectivity index (χ1n) is 9.20. The zero-order valence-corrected chi connectivity index (χ0v) is 16.0. The molecule has 2 rings (SSSR count). The first-order chi connectivity index (χ1) is 11.4. The summed E-state index contributed by atoms with van der Waals surface area (Å²) in [5.74, 6) is -1.28. The van der Waals surface area contributed by atoms with Crippen LogP contribution in [0.3, 0.4) is 0 Å². The first-order valence-corrected chi connectivity index (χ1v) is 11.7. The molecule has 0 aromatic heterocycles. The zero-order chi connectivity index (χ0) is 17.7. The lowest BCUT2D eigenvalue weighted by molar-refractivity contribution is -0.149. The second kappa shape index (κ2) is 8.45. The quantitative estimate of drug-likeness (QED) is 0.463. The van der Waals surface area contributed by atoms with Crippen molar-refractivity contribution in [3.63, 3.8) is 0 Å². The Labute approximate surface area is 145 Å². The van der Waals surface area contributed by atoms with Gasteiger partial charge in [0.15, 0.2) is 0 Å². The highest BCUT2D eigenvalue weighted by Gasteiger charge is 2.53. The van der Waals surface area contributed by atoms with Crippen LogP contribution in [-0.4, -0.2) is 45.3 Å². The molecule has 138 valence electrons. The van der Waals surface area contributed by atoms with Gasteiger partial charge in [-0.3, -0.25) is 9.59 Å². The molecular weight excluding hydrogens is 326 g/mol. The van der Waals surface area contributed by atoms with Gasteiger partial charge in [-0.25, -0.2) is 0 Å². The lowest BCUT2D eigenvalue weighted by atomic mass is 9.79. The maximum absolute atomic E-state index is 12.5. The van der Waals surface area contributed by atoms with Crippen LogP contribution in [0.4, 0.5) is 0 Å². The van der Waals surface area contributed by atoms with Crippen molar-refractivity contribution >= 4 is 20.4 Å². The van der Waals surface area contributed by atoms with Gasteiger partial charge < -0.3 is 19.3 Å². The predicted molar refractivity (Wildman–Crippen MR) is 92.8 cm³/mol. The van der Waals surface area contributed by atoms with Crippen LogP contribution in [0.25, 0.3) is 0 Å². The average Bonchev–Trinajstić information content (AvgIpc) is 3.12. The zero-order valence-electron chi connectivity index (χ0n) is 15.0. The highest BCUT2D eigenvalue weighted by atomic mass is 28.4. The molecular formula is C17H31NO5Si. The van der Waals surface area contributed by atoms with E-state index in [1.165, 1.54) is 0 Å². The van der Waals surface area contributed by atoms with E-state index in [4.69, 9.17) is 8.85 Å². The highest BCUT2D eigenvalue weighted by molar-refractivity contribution is 6.66. The minimum absolute atomic E-state index is 0.0780. The van der Waals surface area contributed by atoms with Crippen LogP contribution in [0.5, 0.6) is 0 Å². The van der Waals surface area contributed by atoms with Gasteiger partial charge in [0.2, 0.25) is 5.91 Å². The highest BCUT2D eigenvalue weighted by Crippen LogP contribution is 2.52. The van der Waals surface area contributed by atoms with Crippen LogP contribution < -0.4 is 5.32 Å². The molecule has 0 aliphatic heterocycles. The monoisotopic (exact) mass is 357 g/mol. The van der Waals surface area contributed by atoms with Crippen molar-refractivity contribution in [1.82, 2.24) is 5.32 Å². The molecule has 24 heavy (non-hydrogen) atoms. The van der Waals surface area contributed by atoms with E-state index in [0.717, 1.165) is 31.7 Å². The summed E-state index contributed by atoms with van der Waals surface area (Å²) in [4.78, 5) is 24.0. The fourth-order valence-electron chi connectivity index (χ4n) is 4.56. The standard InChI is InChI=1S/C17H31NO5Si/c1-4-22-24(3,23-5-2)10-6-9-18-16(19)14-12-7-8-13(11-12)15(14)17(20)21/h12-15H,4-11H2,1-3H3,(H,18,19)(H,20,21). The van der Waals surface area contributed by atoms with E-state index in [0.29, 0.717) is 19.8 Å². The van der Waals surface area contributed by atoms with Gasteiger partial charge in [-0.05, 0) is 64.0 Å². The molecule has 2 fully saturated rings. The van der Waals surface area contributed by atoms with Gasteiger partial charge in [0, 0.05) is 19.8 Å². The Balaban J connectivity index is 1.80. The molecule has 4 unspecified atom stereocenters. The second-order valence-electron chi connectivity index (χ2n) is 7.12. The molecule has 2 saturated carbocycles. The van der Waals surface area contributed by atoms with E-state index in [1.807, 2.05) is 13.8 Å². The van der Waals surface area contributed by atoms with Crippen LogP contribution in [0, 0.1) is 23.7 Å². The van der Waals surface area contributed by atoms with Crippen molar-refractivity contribution in [2.24, 2.45) is 23.7 Å². The lowest BCUT2D eigenvalue weighted by Gasteiger charge is -2.28. The Morgan fingerprint density at radius 2 is 1.71 bits per heavy atom. The molecule has 0 aromatic carbocycles. The Morgan fingerprint density at radius 1 is 1.12 bits per heavy atom. The minimum Gasteiger partial charge on any atom is -0.481 e. The number of rotatable bonds is 10. The third-order valence-electron chi connectivity index (χ3n) is 5.51. The Hall–Kier alpha value is -0.923. The van der Waals surface area contributed by atoms with Gasteiger partial charge in [0.1, 0.15) is 0 Å². The van der Waals surface area contributed by atoms with Crippen molar-refractivity contribution in [1.29, 1.82) is 0 Å². The van der Waals surface area contributed by atoms with Crippen LogP contribution in [-0.2, 0) is 18.4 Å². The molecule has 4 atom stereocenters. The fraction of sp³-hybridized carbons (Fsp3) is 0.882. The summed E-state index contributed by atoms with van der Waals surface area (Å²) < 4.78 is 11.6. The molecule has 6 nitrogen and oxygen atoms in total. The molecule has 1 amide bonds. The van der Waals surface area contributed by atoms with Crippen LogP contribution >= 0.6 is 0 Å². The van der Waals surface area contributed by atoms with Crippen LogP contribution in [0.1, 0.15) is 39.5 Å². The normalized spacial score (nSPS) is 29.0. The molecule has 2 aliphatic carbocycles. The molecule has 0 spiro atoms. The largest absolute Gasteiger partial charge is 0.481 e. The van der Waals surface area contributed by atoms with E-state index in [1.54, 1.807) is 0 Å². The average molecular weight is 358 g/mol. The molecule has 2 N–H and O–H groups in total. The van der Waals surface area contributed by atoms with E-state index >= 15 is 0 Å². The number of aliphatic carboxylic acids is 1. The van der Waals surface area contributed by atoms with Crippen molar-refractivity contribution in [3.05, 3.63) is 0 Å². The Morgan fingerprint density at radius 3 is 2.25 bits per heavy atom. The Kier molecular flexibility index (Phi) is 6.83. The van der Waals surface area contributed by atoms with Crippen molar-refractivity contribution < 1.29 is 23.5 Å². The van der Waals surface area contributed by atoms with E-state index < -0.39 is 20.4 Å². The number of hydrogen-bond donors (Lipinski definition) is 2. The molecule has 2 aliphatic rings. The third-order valence-corrected chi connectivity index (χ3v) is 8.57. The van der Waals surface area contributed by atoms with Crippen molar-refractivity contribution in [2.45, 2.75) is 52.1 Å². The van der Waals surface area contributed by atoms with Crippen molar-refractivity contribution in [3.8, 4) is 0 Å². The minimum atomic E-state index is -2.14. The summed E-state index contributed by atoms with van der Waals surface area (Å²) in [6.07, 6.45) is 3.64. The molecule has 0 heterocycles. The van der Waals surface area contributed by atoms with Gasteiger partial charge in [0.05, 0.1) is 11.8 Å². The number of hydrogen-bond acceptors (Lipinski definition) is 4. The second-order valence-corrected chi connectivity index (χ2v) is 10.5. The number of carbonyl (C=O) groups excluding carboxylic acids is 1. The maximum Gasteiger partial charge on any atom is 0.334 e. The van der Waals surface area contributed by atoms with Crippen LogP contribution in [0.2, 0.25) is 12.6 Å². The number of nitrogens with one attached hydrogen (secondary N) is 1. The van der Waals surface area contributed by atoms with Gasteiger partial charge in [-0.1, -0.05) is 0 Å². The molecule has 0 aromatic rings. The third kappa shape index (κ3) is 4.37. The van der Waals surface area contributed by atoms with E-state index in [-0.39, 0.29) is 23.7 Å². The molecule has 0 radical (unpaired) electrons. The summed E-state index contributed by atoms with van der Waals surface area (Å²) in [5.41, 5.74) is 0. The number of carbonyl (C=O) groups is 2. The smallest absolute Gasteiger partial charge is 0.334 e. The summed E-state index contributed by atoms with van der Waals surface area (Å²) in [6.45, 7) is 7.82. The summed E-state index contributed by atoms with van der Waals surface area (Å²) in [7, 11) is -2.14. The van der Waals surface area contributed by atoms with Gasteiger partial charge in [-0.2, -0.15) is 0 Å². The molecule has 2 bridgehead atoms. The van der Waals surface area contributed by atoms with Gasteiger partial charge in [0.25, 0.3) is 0 Å². The van der Waals surface area contributed by atoms with Crippen LogP contribution in [0.15, 0.2) is 0 Å². The summed E-state index contributed by atoms with van der Waals surface area (Å²) in [6, 6.07) is 0.827. The first kappa shape index (κ1) is 19.4. The number of fused-ring (bicyclic) bond motifs is 2. The van der Waals surface area contributed by atoms with Gasteiger partial charge >= 0.3 is 14.5 Å². The lowest BCUT2D eigenvalue weighted by Crippen LogP contribution is -2.42. The molecule has 7 heteroatoms. The summed E-state index contributed by atoms with van der Waals surface area (Å²) in [5, 5.41) is 12.4. The number of amides is 1. The number of carboxylic acids is 1. The van der Waals surface area contributed by atoms with E-state index in [9.17, 15) is 14.7 Å². The molecule has 0 saturated heterocycles. The van der Waals surface area contributed by atoms with Crippen molar-refractivity contribution in [2.75, 3.05) is 19.8 Å². The fourth-order valence-corrected chi connectivity index (χ4v) is 6.97. The Bertz CT molecular complexity index is 452. The van der Waals surface area contributed by atoms with Gasteiger partial charge in [-0.15, -0.1) is 0 Å². The number of carboxylic acid groups (broad SMARTS) is 1. The summed E-state index contributed by atoms with van der Waals surface area (Å²) >= 11 is 0. The maximum atomic E-state index is 12.5. The predicted octanol–water partition coefficient (Wildman–Crippen LogP) is 2.38. The topological polar surface area (TPSA) is 84.9 Å². The SMILES string of the molecule is CCO[Si](C)(CCCNC(=O)C1C2CCC(C2)C1C(=O)O)OCC. The van der Waals surface area contributed by atoms with E-state index in [2.05, 4.69) is 11.9 Å².